The van der Waals surface area contributed by atoms with E-state index >= 15 is 0 Å². The van der Waals surface area contributed by atoms with Crippen molar-refractivity contribution >= 4 is 67.3 Å². The Morgan fingerprint density at radius 3 is 2.63 bits per heavy atom. The van der Waals surface area contributed by atoms with Crippen LogP contribution in [0.3, 0.4) is 0 Å². The first-order chi connectivity index (χ1) is 12.8. The highest BCUT2D eigenvalue weighted by Crippen LogP contribution is 2.37. The number of sulfone groups is 1. The molecule has 0 unspecified atom stereocenters. The van der Waals surface area contributed by atoms with E-state index in [1.807, 2.05) is 35.2 Å². The van der Waals surface area contributed by atoms with E-state index in [9.17, 15) is 8.42 Å². The minimum Gasteiger partial charge on any atom is -0.315 e. The molecule has 4 rings (SSSR count). The van der Waals surface area contributed by atoms with Gasteiger partial charge in [0, 0.05) is 16.5 Å². The molecular formula is C18H15Cl3N2O2S2. The highest BCUT2D eigenvalue weighted by molar-refractivity contribution is 8.13. The monoisotopic (exact) mass is 460 g/mol. The fraction of sp³-hybridized carbons (Fsp3) is 0.278. The molecule has 4 nitrogen and oxygen atoms in total. The van der Waals surface area contributed by atoms with Gasteiger partial charge in [0.15, 0.2) is 15.0 Å². The molecule has 0 amide bonds. The van der Waals surface area contributed by atoms with Crippen LogP contribution in [-0.2, 0) is 15.6 Å². The van der Waals surface area contributed by atoms with E-state index in [-0.39, 0.29) is 23.6 Å². The Morgan fingerprint density at radius 1 is 1.07 bits per heavy atom. The van der Waals surface area contributed by atoms with Gasteiger partial charge in [0.25, 0.3) is 0 Å². The number of hydrogen-bond donors (Lipinski definition) is 0. The predicted molar refractivity (Wildman–Crippen MR) is 115 cm³/mol. The number of nitrogens with zero attached hydrogens (tertiary/aromatic N) is 2. The van der Waals surface area contributed by atoms with E-state index in [4.69, 9.17) is 39.8 Å². The quantitative estimate of drug-likeness (QED) is 0.651. The zero-order valence-electron chi connectivity index (χ0n) is 14.0. The first-order valence-corrected chi connectivity index (χ1v) is 12.2. The van der Waals surface area contributed by atoms with Crippen LogP contribution in [-0.4, -0.2) is 37.2 Å². The summed E-state index contributed by atoms with van der Waals surface area (Å²) in [6.45, 7) is 0. The summed E-state index contributed by atoms with van der Waals surface area (Å²) in [5.74, 6) is 0.842. The molecule has 0 saturated carbocycles. The number of aliphatic imine (C=N–C) groups is 1. The molecule has 2 aliphatic rings. The molecule has 0 aromatic heterocycles. The van der Waals surface area contributed by atoms with Crippen molar-refractivity contribution in [2.45, 2.75) is 17.8 Å². The van der Waals surface area contributed by atoms with Gasteiger partial charge in [-0.3, -0.25) is 4.99 Å². The normalized spacial score (nSPS) is 23.4. The Kier molecular flexibility index (Phi) is 5.38. The van der Waals surface area contributed by atoms with E-state index in [0.29, 0.717) is 20.8 Å². The van der Waals surface area contributed by atoms with Gasteiger partial charge < -0.3 is 4.90 Å². The first kappa shape index (κ1) is 19.4. The summed E-state index contributed by atoms with van der Waals surface area (Å²) in [6, 6.07) is 12.5. The lowest BCUT2D eigenvalue weighted by Crippen LogP contribution is -2.39. The Balaban J connectivity index is 1.62. The third-order valence-electron chi connectivity index (χ3n) is 4.55. The highest BCUT2D eigenvalue weighted by atomic mass is 35.5. The van der Waals surface area contributed by atoms with Crippen LogP contribution in [0.25, 0.3) is 0 Å². The fourth-order valence-corrected chi connectivity index (χ4v) is 6.75. The van der Waals surface area contributed by atoms with Gasteiger partial charge in [-0.05, 0) is 35.9 Å². The van der Waals surface area contributed by atoms with E-state index in [1.54, 1.807) is 23.9 Å². The summed E-state index contributed by atoms with van der Waals surface area (Å²) in [7, 11) is -3.08. The molecule has 0 radical (unpaired) electrons. The number of anilines is 1. The maximum absolute atomic E-state index is 12.1. The number of amidine groups is 1. The smallest absolute Gasteiger partial charge is 0.164 e. The van der Waals surface area contributed by atoms with Crippen LogP contribution in [0.5, 0.6) is 0 Å². The van der Waals surface area contributed by atoms with Crippen LogP contribution in [0.4, 0.5) is 5.69 Å². The summed E-state index contributed by atoms with van der Waals surface area (Å²) in [5, 5.41) is 2.43. The number of benzene rings is 2. The molecule has 2 aromatic rings. The van der Waals surface area contributed by atoms with Crippen LogP contribution < -0.4 is 4.90 Å². The molecule has 0 aliphatic carbocycles. The molecule has 2 aliphatic heterocycles. The molecule has 2 aromatic carbocycles. The Bertz CT molecular complexity index is 1030. The van der Waals surface area contributed by atoms with Crippen molar-refractivity contribution in [3.63, 3.8) is 0 Å². The van der Waals surface area contributed by atoms with Crippen molar-refractivity contribution in [3.05, 3.63) is 63.1 Å². The van der Waals surface area contributed by atoms with Crippen LogP contribution in [0.15, 0.2) is 47.5 Å². The molecule has 0 spiro atoms. The molecule has 9 heteroatoms. The average Bonchev–Trinajstić information content (AvgIpc) is 3.07. The average molecular weight is 462 g/mol. The van der Waals surface area contributed by atoms with Gasteiger partial charge in [-0.2, -0.15) is 0 Å². The van der Waals surface area contributed by atoms with Gasteiger partial charge in [-0.1, -0.05) is 58.7 Å². The zero-order valence-corrected chi connectivity index (χ0v) is 17.9. The fourth-order valence-electron chi connectivity index (χ4n) is 3.34. The van der Waals surface area contributed by atoms with Gasteiger partial charge in [-0.25, -0.2) is 8.42 Å². The second-order valence-corrected chi connectivity index (χ2v) is 10.9. The van der Waals surface area contributed by atoms with Gasteiger partial charge in [0.2, 0.25) is 0 Å². The minimum atomic E-state index is -3.08. The van der Waals surface area contributed by atoms with Gasteiger partial charge >= 0.3 is 0 Å². The van der Waals surface area contributed by atoms with Gasteiger partial charge in [0.05, 0.1) is 33.6 Å². The summed E-state index contributed by atoms with van der Waals surface area (Å²) in [4.78, 5) is 6.72. The van der Waals surface area contributed by atoms with Crippen LogP contribution >= 0.6 is 46.6 Å². The standard InChI is InChI=1S/C18H15Cl3N2O2S2/c19-12-2-1-3-13(7-12)23-17-10-27(24,25)9-16(17)22-18(23)26-8-11-4-5-14(20)15(21)6-11/h1-7,16-17H,8-10H2/t16-,17-/m0/s1. The van der Waals surface area contributed by atoms with E-state index < -0.39 is 9.84 Å². The SMILES string of the molecule is O=S1(=O)C[C@@H]2N=C(SCc3ccc(Cl)c(Cl)c3)N(c3cccc(Cl)c3)[C@H]2C1. The van der Waals surface area contributed by atoms with Crippen LogP contribution in [0.1, 0.15) is 5.56 Å². The third kappa shape index (κ3) is 4.10. The summed E-state index contributed by atoms with van der Waals surface area (Å²) in [6.07, 6.45) is 0. The second-order valence-electron chi connectivity index (χ2n) is 6.51. The number of hydrogen-bond acceptors (Lipinski definition) is 5. The maximum atomic E-state index is 12.1. The summed E-state index contributed by atoms with van der Waals surface area (Å²) >= 11 is 19.8. The number of fused-ring (bicyclic) bond motifs is 1. The number of thioether (sulfide) groups is 1. The van der Waals surface area contributed by atoms with Crippen molar-refractivity contribution < 1.29 is 8.42 Å². The summed E-state index contributed by atoms with van der Waals surface area (Å²) in [5.41, 5.74) is 1.88. The largest absolute Gasteiger partial charge is 0.315 e. The molecule has 27 heavy (non-hydrogen) atoms. The number of rotatable bonds is 3. The summed E-state index contributed by atoms with van der Waals surface area (Å²) < 4.78 is 24.2. The van der Waals surface area contributed by atoms with Crippen LogP contribution in [0, 0.1) is 0 Å². The van der Waals surface area contributed by atoms with Gasteiger partial charge in [-0.15, -0.1) is 0 Å². The molecule has 0 bridgehead atoms. The van der Waals surface area contributed by atoms with Crippen molar-refractivity contribution in [2.24, 2.45) is 4.99 Å². The van der Waals surface area contributed by atoms with Crippen LogP contribution in [0.2, 0.25) is 15.1 Å². The molecular weight excluding hydrogens is 447 g/mol. The molecule has 0 N–H and O–H groups in total. The molecule has 1 saturated heterocycles. The van der Waals surface area contributed by atoms with E-state index in [1.165, 1.54) is 0 Å². The zero-order chi connectivity index (χ0) is 19.2. The Hall–Kier alpha value is -0.920. The lowest BCUT2D eigenvalue weighted by Gasteiger charge is -2.26. The predicted octanol–water partition coefficient (Wildman–Crippen LogP) is 4.92. The number of halogens is 3. The lowest BCUT2D eigenvalue weighted by molar-refractivity contribution is 0.601. The van der Waals surface area contributed by atoms with E-state index in [0.717, 1.165) is 16.4 Å². The minimum absolute atomic E-state index is 0.0889. The molecule has 1 fully saturated rings. The first-order valence-electron chi connectivity index (χ1n) is 8.22. The van der Waals surface area contributed by atoms with Crippen molar-refractivity contribution in [2.75, 3.05) is 16.4 Å². The van der Waals surface area contributed by atoms with Crippen molar-refractivity contribution in [1.82, 2.24) is 0 Å². The molecule has 2 atom stereocenters. The van der Waals surface area contributed by atoms with Crippen molar-refractivity contribution in [1.29, 1.82) is 0 Å². The topological polar surface area (TPSA) is 49.7 Å². The Morgan fingerprint density at radius 2 is 1.89 bits per heavy atom. The molecule has 2 heterocycles. The maximum Gasteiger partial charge on any atom is 0.164 e. The van der Waals surface area contributed by atoms with Crippen molar-refractivity contribution in [3.8, 4) is 0 Å². The Labute approximate surface area is 177 Å². The second kappa shape index (κ2) is 7.48. The van der Waals surface area contributed by atoms with E-state index in [2.05, 4.69) is 0 Å². The molecule has 142 valence electrons. The highest BCUT2D eigenvalue weighted by Gasteiger charge is 2.47. The lowest BCUT2D eigenvalue weighted by atomic mass is 10.1. The van der Waals surface area contributed by atoms with Gasteiger partial charge in [0.1, 0.15) is 0 Å². The third-order valence-corrected chi connectivity index (χ3v) is 8.26.